The Labute approximate surface area is 207 Å². The summed E-state index contributed by atoms with van der Waals surface area (Å²) in [7, 11) is 4.80. The third-order valence-electron chi connectivity index (χ3n) is 5.02. The van der Waals surface area contributed by atoms with Crippen LogP contribution in [0.4, 0.5) is 27.8 Å². The van der Waals surface area contributed by atoms with Gasteiger partial charge in [-0.05, 0) is 35.9 Å². The molecule has 2 aromatic carbocycles. The summed E-state index contributed by atoms with van der Waals surface area (Å²) in [5.74, 6) is -3.29. The Morgan fingerprint density at radius 1 is 1.11 bits per heavy atom. The first kappa shape index (κ1) is 27.2. The van der Waals surface area contributed by atoms with E-state index in [4.69, 9.17) is 25.8 Å². The second-order valence-corrected chi connectivity index (χ2v) is 8.03. The van der Waals surface area contributed by atoms with Gasteiger partial charge in [0.15, 0.2) is 17.4 Å². The van der Waals surface area contributed by atoms with Crippen LogP contribution in [0.5, 0.6) is 17.4 Å². The average molecular weight is 534 g/mol. The predicted octanol–water partition coefficient (Wildman–Crippen LogP) is 5.18. The highest BCUT2D eigenvalue weighted by Crippen LogP contribution is 2.38. The van der Waals surface area contributed by atoms with Gasteiger partial charge in [0.05, 0.1) is 17.2 Å². The molecule has 0 saturated carbocycles. The third-order valence-corrected chi connectivity index (χ3v) is 5.35. The Balaban J connectivity index is 1.78. The molecule has 0 amide bonds. The lowest BCUT2D eigenvalue weighted by Gasteiger charge is -2.21. The van der Waals surface area contributed by atoms with Gasteiger partial charge in [0.25, 0.3) is 0 Å². The molecule has 0 radical (unpaired) electrons. The van der Waals surface area contributed by atoms with E-state index in [2.05, 4.69) is 4.98 Å². The van der Waals surface area contributed by atoms with E-state index in [0.29, 0.717) is 25.0 Å². The van der Waals surface area contributed by atoms with Crippen molar-refractivity contribution < 1.29 is 36.2 Å². The van der Waals surface area contributed by atoms with Crippen LogP contribution in [-0.2, 0) is 24.6 Å². The van der Waals surface area contributed by atoms with Crippen molar-refractivity contribution in [3.8, 4) is 17.4 Å². The van der Waals surface area contributed by atoms with Crippen LogP contribution in [0, 0.1) is 11.6 Å². The summed E-state index contributed by atoms with van der Waals surface area (Å²) in [5.41, 5.74) is -1.78. The largest absolute Gasteiger partial charge is 0.473 e. The number of anilines is 1. The first-order valence-electron chi connectivity index (χ1n) is 10.3. The lowest BCUT2D eigenvalue weighted by atomic mass is 10.2. The zero-order valence-electron chi connectivity index (χ0n) is 19.3. The second kappa shape index (κ2) is 11.1. The van der Waals surface area contributed by atoms with E-state index in [0.717, 1.165) is 24.3 Å². The van der Waals surface area contributed by atoms with Crippen molar-refractivity contribution in [3.63, 3.8) is 0 Å². The number of nitrogens with zero attached hydrogens (tertiary/aromatic N) is 3. The van der Waals surface area contributed by atoms with Crippen LogP contribution in [0.25, 0.3) is 0 Å². The normalized spacial score (nSPS) is 11.5. The summed E-state index contributed by atoms with van der Waals surface area (Å²) in [6.45, 7) is 0.529. The molecule has 0 fully saturated rings. The smallest absolute Gasteiger partial charge is 0.417 e. The monoisotopic (exact) mass is 533 g/mol. The van der Waals surface area contributed by atoms with Crippen molar-refractivity contribution in [1.29, 1.82) is 0 Å². The maximum atomic E-state index is 14.6. The lowest BCUT2D eigenvalue weighted by Crippen LogP contribution is -2.31. The van der Waals surface area contributed by atoms with Gasteiger partial charge in [0.2, 0.25) is 5.88 Å². The minimum Gasteiger partial charge on any atom is -0.473 e. The minimum absolute atomic E-state index is 0.0289. The fourth-order valence-corrected chi connectivity index (χ4v) is 3.37. The summed E-state index contributed by atoms with van der Waals surface area (Å²) in [6.07, 6.45) is -4.78. The molecule has 0 saturated heterocycles. The van der Waals surface area contributed by atoms with Crippen LogP contribution >= 0.6 is 11.6 Å². The van der Waals surface area contributed by atoms with Crippen molar-refractivity contribution in [3.05, 3.63) is 74.7 Å². The van der Waals surface area contributed by atoms with Crippen LogP contribution in [0.2, 0.25) is 5.02 Å². The Kier molecular flexibility index (Phi) is 8.41. The second-order valence-electron chi connectivity index (χ2n) is 7.63. The Bertz CT molecular complexity index is 1280. The van der Waals surface area contributed by atoms with Crippen molar-refractivity contribution >= 4 is 17.4 Å². The first-order chi connectivity index (χ1) is 16.9. The molecule has 0 unspecified atom stereocenters. The zero-order valence-corrected chi connectivity index (χ0v) is 20.1. The number of ether oxygens (including phenoxy) is 3. The summed E-state index contributed by atoms with van der Waals surface area (Å²) < 4.78 is 85.1. The molecule has 0 spiro atoms. The van der Waals surface area contributed by atoms with Crippen LogP contribution in [-0.4, -0.2) is 36.9 Å². The average Bonchev–Trinajstić information content (AvgIpc) is 2.80. The number of rotatable bonds is 9. The maximum absolute atomic E-state index is 14.6. The van der Waals surface area contributed by atoms with Gasteiger partial charge < -0.3 is 19.1 Å². The molecule has 0 atom stereocenters. The van der Waals surface area contributed by atoms with Crippen molar-refractivity contribution in [2.75, 3.05) is 32.2 Å². The number of methoxy groups -OCH3 is 1. The Hall–Kier alpha value is -3.38. The number of hydrogen-bond acceptors (Lipinski definition) is 6. The number of benzene rings is 2. The summed E-state index contributed by atoms with van der Waals surface area (Å²) >= 11 is 5.55. The quantitative estimate of drug-likeness (QED) is 0.353. The Morgan fingerprint density at radius 2 is 1.78 bits per heavy atom. The molecule has 36 heavy (non-hydrogen) atoms. The molecule has 1 heterocycles. The van der Waals surface area contributed by atoms with E-state index in [1.165, 1.54) is 24.8 Å². The SMILES string of the molecule is COCCN(C)c1cc(OCc2cc(F)c(Oc3ccc(Cl)c(C(F)(F)F)c3)c(F)c2)nc(=O)n1C. The number of likely N-dealkylation sites (N-methyl/N-ethyl adjacent to an activating group) is 1. The summed E-state index contributed by atoms with van der Waals surface area (Å²) in [6, 6.07) is 5.78. The van der Waals surface area contributed by atoms with Gasteiger partial charge >= 0.3 is 11.9 Å². The Morgan fingerprint density at radius 3 is 2.39 bits per heavy atom. The fourth-order valence-electron chi connectivity index (χ4n) is 3.14. The van der Waals surface area contributed by atoms with Crippen molar-refractivity contribution in [1.82, 2.24) is 9.55 Å². The van der Waals surface area contributed by atoms with Gasteiger partial charge in [0, 0.05) is 33.8 Å². The van der Waals surface area contributed by atoms with Gasteiger partial charge in [-0.15, -0.1) is 0 Å². The molecule has 3 aromatic rings. The fraction of sp³-hybridized carbons (Fsp3) is 0.304. The van der Waals surface area contributed by atoms with Gasteiger partial charge in [0.1, 0.15) is 18.2 Å². The lowest BCUT2D eigenvalue weighted by molar-refractivity contribution is -0.137. The standard InChI is InChI=1S/C23H21ClF5N3O4/c1-31(6-7-34-3)20-11-19(30-22(33)32(20)2)35-12-13-8-17(25)21(18(26)9-13)36-14-4-5-16(24)15(10-14)23(27,28)29/h4-5,8-11H,6-7,12H2,1-3H3. The predicted molar refractivity (Wildman–Crippen MR) is 122 cm³/mol. The molecular weight excluding hydrogens is 513 g/mol. The number of alkyl halides is 3. The highest BCUT2D eigenvalue weighted by Gasteiger charge is 2.33. The molecule has 0 aliphatic heterocycles. The number of halogens is 6. The zero-order chi connectivity index (χ0) is 26.6. The summed E-state index contributed by atoms with van der Waals surface area (Å²) in [4.78, 5) is 17.7. The topological polar surface area (TPSA) is 65.8 Å². The van der Waals surface area contributed by atoms with Crippen LogP contribution < -0.4 is 20.1 Å². The first-order valence-corrected chi connectivity index (χ1v) is 10.7. The van der Waals surface area contributed by atoms with E-state index in [9.17, 15) is 26.7 Å². The molecular formula is C23H21ClF5N3O4. The molecule has 194 valence electrons. The van der Waals surface area contributed by atoms with Crippen LogP contribution in [0.15, 0.2) is 41.2 Å². The van der Waals surface area contributed by atoms with Crippen molar-refractivity contribution in [2.45, 2.75) is 12.8 Å². The molecule has 13 heteroatoms. The molecule has 7 nitrogen and oxygen atoms in total. The van der Waals surface area contributed by atoms with Gasteiger partial charge in [-0.1, -0.05) is 11.6 Å². The van der Waals surface area contributed by atoms with Gasteiger partial charge in [-0.2, -0.15) is 18.2 Å². The van der Waals surface area contributed by atoms with Crippen LogP contribution in [0.1, 0.15) is 11.1 Å². The van der Waals surface area contributed by atoms with Crippen LogP contribution in [0.3, 0.4) is 0 Å². The molecule has 3 rings (SSSR count). The molecule has 0 aliphatic carbocycles. The molecule has 1 aromatic heterocycles. The van der Waals surface area contributed by atoms with E-state index in [-0.39, 0.29) is 18.1 Å². The van der Waals surface area contributed by atoms with E-state index in [1.54, 1.807) is 11.9 Å². The molecule has 0 aliphatic rings. The maximum Gasteiger partial charge on any atom is 0.417 e. The van der Waals surface area contributed by atoms with Gasteiger partial charge in [-0.3, -0.25) is 4.57 Å². The third kappa shape index (κ3) is 6.43. The minimum atomic E-state index is -4.78. The molecule has 0 N–H and O–H groups in total. The number of aromatic nitrogens is 2. The highest BCUT2D eigenvalue weighted by atomic mass is 35.5. The van der Waals surface area contributed by atoms with Crippen molar-refractivity contribution in [2.24, 2.45) is 7.05 Å². The summed E-state index contributed by atoms with van der Waals surface area (Å²) in [5, 5.41) is -0.583. The van der Waals surface area contributed by atoms with Gasteiger partial charge in [-0.25, -0.2) is 13.6 Å². The van der Waals surface area contributed by atoms with E-state index >= 15 is 0 Å². The number of hydrogen-bond donors (Lipinski definition) is 0. The molecule has 0 bridgehead atoms. The van der Waals surface area contributed by atoms with E-state index in [1.807, 2.05) is 0 Å². The highest BCUT2D eigenvalue weighted by molar-refractivity contribution is 6.31. The van der Waals surface area contributed by atoms with E-state index < -0.39 is 45.6 Å².